The summed E-state index contributed by atoms with van der Waals surface area (Å²) in [6.07, 6.45) is 2.38. The Labute approximate surface area is 151 Å². The molecule has 5 nitrogen and oxygen atoms in total. The fourth-order valence-electron chi connectivity index (χ4n) is 2.80. The minimum Gasteiger partial charge on any atom is -0.494 e. The predicted octanol–water partition coefficient (Wildman–Crippen LogP) is 3.75. The maximum atomic E-state index is 12.5. The number of hydrogen-bond acceptors (Lipinski definition) is 5. The van der Waals surface area contributed by atoms with E-state index in [9.17, 15) is 9.59 Å². The third kappa shape index (κ3) is 4.20. The molecule has 2 heterocycles. The van der Waals surface area contributed by atoms with E-state index < -0.39 is 6.04 Å². The van der Waals surface area contributed by atoms with Crippen molar-refractivity contribution in [1.82, 2.24) is 4.90 Å². The van der Waals surface area contributed by atoms with Gasteiger partial charge >= 0.3 is 5.97 Å². The quantitative estimate of drug-likeness (QED) is 0.582. The van der Waals surface area contributed by atoms with Gasteiger partial charge in [-0.15, -0.1) is 11.3 Å². The second-order valence-corrected chi connectivity index (χ2v) is 6.82. The third-order valence-corrected chi connectivity index (χ3v) is 4.89. The summed E-state index contributed by atoms with van der Waals surface area (Å²) in [5.41, 5.74) is 0. The van der Waals surface area contributed by atoms with E-state index in [0.29, 0.717) is 30.2 Å². The number of likely N-dealkylation sites (tertiary alicyclic amines) is 1. The van der Waals surface area contributed by atoms with Crippen molar-refractivity contribution in [2.45, 2.75) is 32.2 Å². The van der Waals surface area contributed by atoms with Crippen LogP contribution in [0, 0.1) is 0 Å². The predicted molar refractivity (Wildman–Crippen MR) is 96.2 cm³/mol. The number of carbonyl (C=O) groups is 2. The normalized spacial score (nSPS) is 16.7. The van der Waals surface area contributed by atoms with Crippen LogP contribution in [0.5, 0.6) is 11.5 Å². The van der Waals surface area contributed by atoms with Gasteiger partial charge in [0.15, 0.2) is 0 Å². The first kappa shape index (κ1) is 17.5. The maximum Gasteiger partial charge on any atom is 0.334 e. The number of esters is 1. The van der Waals surface area contributed by atoms with Crippen LogP contribution >= 0.6 is 11.3 Å². The third-order valence-electron chi connectivity index (χ3n) is 4.03. The molecule has 1 amide bonds. The second kappa shape index (κ2) is 8.16. The van der Waals surface area contributed by atoms with Gasteiger partial charge in [-0.05, 0) is 55.0 Å². The van der Waals surface area contributed by atoms with Crippen molar-refractivity contribution in [3.8, 4) is 11.5 Å². The first-order valence-electron chi connectivity index (χ1n) is 8.48. The van der Waals surface area contributed by atoms with Gasteiger partial charge in [0.25, 0.3) is 5.91 Å². The molecule has 25 heavy (non-hydrogen) atoms. The highest BCUT2D eigenvalue weighted by atomic mass is 32.1. The highest BCUT2D eigenvalue weighted by Gasteiger charge is 2.36. The number of rotatable bonds is 6. The zero-order valence-corrected chi connectivity index (χ0v) is 15.0. The lowest BCUT2D eigenvalue weighted by atomic mass is 10.2. The van der Waals surface area contributed by atoms with E-state index in [1.165, 1.54) is 11.3 Å². The molecule has 1 fully saturated rings. The van der Waals surface area contributed by atoms with Crippen LogP contribution in [-0.2, 0) is 4.79 Å². The van der Waals surface area contributed by atoms with Gasteiger partial charge in [0.1, 0.15) is 17.5 Å². The summed E-state index contributed by atoms with van der Waals surface area (Å²) in [6, 6.07) is 10.1. The Morgan fingerprint density at radius 2 is 1.96 bits per heavy atom. The number of ether oxygens (including phenoxy) is 2. The molecule has 1 saturated heterocycles. The van der Waals surface area contributed by atoms with E-state index in [1.807, 2.05) is 18.4 Å². The summed E-state index contributed by atoms with van der Waals surface area (Å²) in [7, 11) is 0. The van der Waals surface area contributed by atoms with Crippen LogP contribution in [0.3, 0.4) is 0 Å². The zero-order chi connectivity index (χ0) is 17.6. The van der Waals surface area contributed by atoms with Crippen LogP contribution in [0.1, 0.15) is 35.9 Å². The monoisotopic (exact) mass is 359 g/mol. The summed E-state index contributed by atoms with van der Waals surface area (Å²) < 4.78 is 11.0. The summed E-state index contributed by atoms with van der Waals surface area (Å²) in [4.78, 5) is 27.3. The van der Waals surface area contributed by atoms with Gasteiger partial charge < -0.3 is 14.4 Å². The van der Waals surface area contributed by atoms with E-state index in [-0.39, 0.29) is 11.9 Å². The first-order valence-corrected chi connectivity index (χ1v) is 9.36. The van der Waals surface area contributed by atoms with Crippen LogP contribution < -0.4 is 9.47 Å². The van der Waals surface area contributed by atoms with Crippen molar-refractivity contribution in [3.05, 3.63) is 46.7 Å². The molecule has 132 valence electrons. The molecule has 0 N–H and O–H groups in total. The van der Waals surface area contributed by atoms with Crippen LogP contribution in [0.2, 0.25) is 0 Å². The number of benzene rings is 1. The molecule has 1 aromatic carbocycles. The molecule has 0 saturated carbocycles. The van der Waals surface area contributed by atoms with Crippen molar-refractivity contribution in [1.29, 1.82) is 0 Å². The van der Waals surface area contributed by atoms with Crippen molar-refractivity contribution in [3.63, 3.8) is 0 Å². The zero-order valence-electron chi connectivity index (χ0n) is 14.1. The van der Waals surface area contributed by atoms with Gasteiger partial charge in [-0.2, -0.15) is 0 Å². The summed E-state index contributed by atoms with van der Waals surface area (Å²) in [5, 5.41) is 1.86. The number of amides is 1. The lowest BCUT2D eigenvalue weighted by Crippen LogP contribution is -2.42. The summed E-state index contributed by atoms with van der Waals surface area (Å²) in [5.74, 6) is 0.726. The standard InChI is InChI=1S/C19H21NO4S/c1-2-12-23-14-7-9-15(10-8-14)24-19(22)16-5-3-11-20(16)18(21)17-6-4-13-25-17/h4,6-10,13,16H,2-3,5,11-12H2,1H3. The van der Waals surface area contributed by atoms with Crippen LogP contribution in [0.4, 0.5) is 0 Å². The van der Waals surface area contributed by atoms with Crippen LogP contribution in [-0.4, -0.2) is 36.0 Å². The van der Waals surface area contributed by atoms with Crippen molar-refractivity contribution in [2.24, 2.45) is 0 Å². The number of hydrogen-bond donors (Lipinski definition) is 0. The maximum absolute atomic E-state index is 12.5. The molecular formula is C19H21NO4S. The Balaban J connectivity index is 1.63. The van der Waals surface area contributed by atoms with E-state index in [2.05, 4.69) is 0 Å². The molecule has 2 aromatic rings. The Bertz CT molecular complexity index is 712. The molecule has 1 aliphatic rings. The van der Waals surface area contributed by atoms with E-state index >= 15 is 0 Å². The molecule has 0 aliphatic carbocycles. The molecule has 0 spiro atoms. The Hall–Kier alpha value is -2.34. The molecule has 6 heteroatoms. The molecular weight excluding hydrogens is 338 g/mol. The molecule has 1 aromatic heterocycles. The summed E-state index contributed by atoms with van der Waals surface area (Å²) in [6.45, 7) is 3.28. The number of nitrogens with zero attached hydrogens (tertiary/aromatic N) is 1. The van der Waals surface area contributed by atoms with Crippen molar-refractivity contribution < 1.29 is 19.1 Å². The van der Waals surface area contributed by atoms with Gasteiger partial charge in [0.05, 0.1) is 11.5 Å². The Morgan fingerprint density at radius 3 is 2.64 bits per heavy atom. The fourth-order valence-corrected chi connectivity index (χ4v) is 3.48. The first-order chi connectivity index (χ1) is 12.2. The Kier molecular flexibility index (Phi) is 5.71. The van der Waals surface area contributed by atoms with E-state index in [4.69, 9.17) is 9.47 Å². The average molecular weight is 359 g/mol. The largest absolute Gasteiger partial charge is 0.494 e. The fraction of sp³-hybridized carbons (Fsp3) is 0.368. The minimum atomic E-state index is -0.523. The average Bonchev–Trinajstić information content (AvgIpc) is 3.32. The van der Waals surface area contributed by atoms with Crippen molar-refractivity contribution >= 4 is 23.2 Å². The van der Waals surface area contributed by atoms with Crippen molar-refractivity contribution in [2.75, 3.05) is 13.2 Å². The topological polar surface area (TPSA) is 55.8 Å². The van der Waals surface area contributed by atoms with E-state index in [1.54, 1.807) is 35.2 Å². The molecule has 3 rings (SSSR count). The summed E-state index contributed by atoms with van der Waals surface area (Å²) >= 11 is 1.39. The molecule has 1 unspecified atom stereocenters. The van der Waals surface area contributed by atoms with Crippen LogP contribution in [0.15, 0.2) is 41.8 Å². The number of thiophene rings is 1. The smallest absolute Gasteiger partial charge is 0.334 e. The lowest BCUT2D eigenvalue weighted by Gasteiger charge is -2.22. The molecule has 0 radical (unpaired) electrons. The van der Waals surface area contributed by atoms with Gasteiger partial charge in [0.2, 0.25) is 0 Å². The van der Waals surface area contributed by atoms with Crippen LogP contribution in [0.25, 0.3) is 0 Å². The van der Waals surface area contributed by atoms with Gasteiger partial charge in [0, 0.05) is 6.54 Å². The van der Waals surface area contributed by atoms with E-state index in [0.717, 1.165) is 18.6 Å². The Morgan fingerprint density at radius 1 is 1.20 bits per heavy atom. The highest BCUT2D eigenvalue weighted by molar-refractivity contribution is 7.12. The lowest BCUT2D eigenvalue weighted by molar-refractivity contribution is -0.138. The minimum absolute atomic E-state index is 0.0993. The molecule has 1 atom stereocenters. The number of carbonyl (C=O) groups excluding carboxylic acids is 2. The second-order valence-electron chi connectivity index (χ2n) is 5.87. The highest BCUT2D eigenvalue weighted by Crippen LogP contribution is 2.25. The van der Waals surface area contributed by atoms with Gasteiger partial charge in [-0.25, -0.2) is 4.79 Å². The van der Waals surface area contributed by atoms with Gasteiger partial charge in [-0.1, -0.05) is 13.0 Å². The molecule has 1 aliphatic heterocycles. The van der Waals surface area contributed by atoms with Gasteiger partial charge in [-0.3, -0.25) is 4.79 Å². The molecule has 0 bridgehead atoms. The SMILES string of the molecule is CCCOc1ccc(OC(=O)C2CCCN2C(=O)c2cccs2)cc1.